The third-order valence-electron chi connectivity index (χ3n) is 4.31. The largest absolute Gasteiger partial charge is 0.399 e. The number of benzene rings is 3. The average molecular weight is 412 g/mol. The first-order valence-corrected chi connectivity index (χ1v) is 10.1. The van der Waals surface area contributed by atoms with Crippen LogP contribution in [0.5, 0.6) is 0 Å². The van der Waals surface area contributed by atoms with Crippen molar-refractivity contribution in [2.75, 3.05) is 18.1 Å². The standard InChI is InChI=1S/C20H20N4O4S/c1-23(14-15-5-3-2-4-6-15)29(27,28)18-11-12-19(20(13-18)24(25)26)22-17-9-7-16(21)8-10-17/h2-13,22H,14,21H2,1H3. The van der Waals surface area contributed by atoms with Crippen molar-refractivity contribution in [2.24, 2.45) is 0 Å². The van der Waals surface area contributed by atoms with Gasteiger partial charge in [0.2, 0.25) is 10.0 Å². The monoisotopic (exact) mass is 412 g/mol. The summed E-state index contributed by atoms with van der Waals surface area (Å²) in [7, 11) is -2.46. The molecule has 150 valence electrons. The molecule has 0 heterocycles. The molecule has 0 spiro atoms. The van der Waals surface area contributed by atoms with E-state index in [1.165, 1.54) is 19.2 Å². The molecule has 0 unspecified atom stereocenters. The summed E-state index contributed by atoms with van der Waals surface area (Å²) in [4.78, 5) is 10.8. The fourth-order valence-corrected chi connectivity index (χ4v) is 3.94. The van der Waals surface area contributed by atoms with E-state index < -0.39 is 14.9 Å². The molecule has 0 fully saturated rings. The van der Waals surface area contributed by atoms with E-state index in [2.05, 4.69) is 5.32 Å². The Morgan fingerprint density at radius 3 is 2.31 bits per heavy atom. The van der Waals surface area contributed by atoms with Crippen LogP contribution in [0.2, 0.25) is 0 Å². The number of nitro benzene ring substituents is 1. The maximum absolute atomic E-state index is 12.9. The van der Waals surface area contributed by atoms with Crippen LogP contribution in [0.15, 0.2) is 77.7 Å². The van der Waals surface area contributed by atoms with Crippen molar-refractivity contribution in [2.45, 2.75) is 11.4 Å². The molecule has 0 aliphatic rings. The molecule has 3 aromatic rings. The van der Waals surface area contributed by atoms with Crippen molar-refractivity contribution in [1.29, 1.82) is 0 Å². The van der Waals surface area contributed by atoms with Crippen LogP contribution in [0.1, 0.15) is 5.56 Å². The first-order valence-electron chi connectivity index (χ1n) is 8.68. The van der Waals surface area contributed by atoms with E-state index in [9.17, 15) is 18.5 Å². The summed E-state index contributed by atoms with van der Waals surface area (Å²) in [6.45, 7) is 0.155. The molecule has 3 rings (SSSR count). The van der Waals surface area contributed by atoms with Crippen LogP contribution in [-0.4, -0.2) is 24.7 Å². The van der Waals surface area contributed by atoms with Gasteiger partial charge >= 0.3 is 0 Å². The summed E-state index contributed by atoms with van der Waals surface area (Å²) in [5, 5.41) is 14.5. The van der Waals surface area contributed by atoms with E-state index >= 15 is 0 Å². The Morgan fingerprint density at radius 2 is 1.69 bits per heavy atom. The number of hydrogen-bond acceptors (Lipinski definition) is 6. The topological polar surface area (TPSA) is 119 Å². The van der Waals surface area contributed by atoms with E-state index in [-0.39, 0.29) is 22.8 Å². The molecule has 0 saturated heterocycles. The summed E-state index contributed by atoms with van der Waals surface area (Å²) >= 11 is 0. The number of sulfonamides is 1. The smallest absolute Gasteiger partial charge is 0.294 e. The molecule has 0 bridgehead atoms. The minimum atomic E-state index is -3.90. The molecule has 29 heavy (non-hydrogen) atoms. The van der Waals surface area contributed by atoms with Gasteiger partial charge in [0.25, 0.3) is 5.69 Å². The van der Waals surface area contributed by atoms with Gasteiger partial charge in [-0.3, -0.25) is 10.1 Å². The predicted molar refractivity (Wildman–Crippen MR) is 112 cm³/mol. The molecule has 9 heteroatoms. The van der Waals surface area contributed by atoms with Crippen LogP contribution >= 0.6 is 0 Å². The van der Waals surface area contributed by atoms with E-state index in [0.717, 1.165) is 15.9 Å². The maximum Gasteiger partial charge on any atom is 0.294 e. The van der Waals surface area contributed by atoms with Crippen LogP contribution in [0.25, 0.3) is 0 Å². The lowest BCUT2D eigenvalue weighted by Gasteiger charge is -2.18. The molecule has 0 aromatic heterocycles. The Morgan fingerprint density at radius 1 is 1.03 bits per heavy atom. The molecule has 0 aliphatic carbocycles. The Balaban J connectivity index is 1.90. The fraction of sp³-hybridized carbons (Fsp3) is 0.100. The van der Waals surface area contributed by atoms with Gasteiger partial charge in [0.15, 0.2) is 0 Å². The summed E-state index contributed by atoms with van der Waals surface area (Å²) in [6.07, 6.45) is 0. The number of anilines is 3. The first kappa shape index (κ1) is 20.3. The van der Waals surface area contributed by atoms with Crippen LogP contribution in [0, 0.1) is 10.1 Å². The van der Waals surface area contributed by atoms with Crippen molar-refractivity contribution in [3.63, 3.8) is 0 Å². The summed E-state index contributed by atoms with van der Waals surface area (Å²) < 4.78 is 26.9. The minimum absolute atomic E-state index is 0.148. The minimum Gasteiger partial charge on any atom is -0.399 e. The van der Waals surface area contributed by atoms with Gasteiger partial charge in [-0.25, -0.2) is 8.42 Å². The second-order valence-corrected chi connectivity index (χ2v) is 8.47. The van der Waals surface area contributed by atoms with Crippen LogP contribution in [-0.2, 0) is 16.6 Å². The van der Waals surface area contributed by atoms with Crippen molar-refractivity contribution in [1.82, 2.24) is 4.31 Å². The van der Waals surface area contributed by atoms with Gasteiger partial charge in [0.05, 0.1) is 9.82 Å². The SMILES string of the molecule is CN(Cc1ccccc1)S(=O)(=O)c1ccc(Nc2ccc(N)cc2)c([N+](=O)[O-])c1. The van der Waals surface area contributed by atoms with E-state index in [4.69, 9.17) is 5.73 Å². The summed E-state index contributed by atoms with van der Waals surface area (Å²) in [5.41, 5.74) is 7.46. The van der Waals surface area contributed by atoms with Crippen molar-refractivity contribution in [3.8, 4) is 0 Å². The highest BCUT2D eigenvalue weighted by atomic mass is 32.2. The van der Waals surface area contributed by atoms with Gasteiger partial charge in [0, 0.05) is 31.0 Å². The van der Waals surface area contributed by atoms with E-state index in [1.807, 2.05) is 30.3 Å². The lowest BCUT2D eigenvalue weighted by Crippen LogP contribution is -2.26. The zero-order valence-corrected chi connectivity index (χ0v) is 16.5. The zero-order chi connectivity index (χ0) is 21.0. The Bertz CT molecular complexity index is 1120. The highest BCUT2D eigenvalue weighted by Gasteiger charge is 2.25. The summed E-state index contributed by atoms with van der Waals surface area (Å²) in [6, 6.07) is 19.6. The maximum atomic E-state index is 12.9. The second-order valence-electron chi connectivity index (χ2n) is 6.43. The molecular formula is C20H20N4O4S. The quantitative estimate of drug-likeness (QED) is 0.347. The van der Waals surface area contributed by atoms with Crippen molar-refractivity contribution >= 4 is 32.8 Å². The van der Waals surface area contributed by atoms with Gasteiger partial charge in [-0.2, -0.15) is 4.31 Å². The molecule has 3 aromatic carbocycles. The van der Waals surface area contributed by atoms with Crippen molar-refractivity contribution < 1.29 is 13.3 Å². The third-order valence-corrected chi connectivity index (χ3v) is 6.11. The predicted octanol–water partition coefficient (Wildman–Crippen LogP) is 3.74. The first-order chi connectivity index (χ1) is 13.8. The lowest BCUT2D eigenvalue weighted by atomic mass is 10.2. The number of hydrogen-bond donors (Lipinski definition) is 2. The summed E-state index contributed by atoms with van der Waals surface area (Å²) in [5.74, 6) is 0. The fourth-order valence-electron chi connectivity index (χ4n) is 2.76. The molecule has 0 saturated carbocycles. The third kappa shape index (κ3) is 4.71. The molecule has 8 nitrogen and oxygen atoms in total. The van der Waals surface area contributed by atoms with Crippen LogP contribution < -0.4 is 11.1 Å². The van der Waals surface area contributed by atoms with Gasteiger partial charge in [-0.1, -0.05) is 30.3 Å². The average Bonchev–Trinajstić information content (AvgIpc) is 2.70. The highest BCUT2D eigenvalue weighted by molar-refractivity contribution is 7.89. The van der Waals surface area contributed by atoms with Crippen LogP contribution in [0.4, 0.5) is 22.7 Å². The number of nitrogen functional groups attached to an aromatic ring is 1. The number of nitrogens with zero attached hydrogens (tertiary/aromatic N) is 2. The van der Waals surface area contributed by atoms with E-state index in [0.29, 0.717) is 11.4 Å². The van der Waals surface area contributed by atoms with Gasteiger partial charge < -0.3 is 11.1 Å². The Labute approximate surface area is 168 Å². The normalized spacial score (nSPS) is 11.4. The van der Waals surface area contributed by atoms with Gasteiger partial charge in [-0.15, -0.1) is 0 Å². The number of nitro groups is 1. The Kier molecular flexibility index (Phi) is 5.81. The highest BCUT2D eigenvalue weighted by Crippen LogP contribution is 2.31. The second kappa shape index (κ2) is 8.29. The van der Waals surface area contributed by atoms with Gasteiger partial charge in [0.1, 0.15) is 5.69 Å². The number of nitrogens with one attached hydrogen (secondary N) is 1. The van der Waals surface area contributed by atoms with Crippen LogP contribution in [0.3, 0.4) is 0 Å². The van der Waals surface area contributed by atoms with Gasteiger partial charge in [-0.05, 0) is 42.0 Å². The molecule has 0 atom stereocenters. The van der Waals surface area contributed by atoms with E-state index in [1.54, 1.807) is 24.3 Å². The number of rotatable bonds is 7. The molecular weight excluding hydrogens is 392 g/mol. The molecule has 0 amide bonds. The Hall–Kier alpha value is -3.43. The van der Waals surface area contributed by atoms with Crippen molar-refractivity contribution in [3.05, 3.63) is 88.5 Å². The zero-order valence-electron chi connectivity index (χ0n) is 15.6. The molecule has 0 radical (unpaired) electrons. The molecule has 0 aliphatic heterocycles. The number of nitrogens with two attached hydrogens (primary N) is 1. The molecule has 3 N–H and O–H groups in total. The lowest BCUT2D eigenvalue weighted by molar-refractivity contribution is -0.384.